The molecule has 6 heteroatoms. The van der Waals surface area contributed by atoms with Crippen LogP contribution in [0.2, 0.25) is 0 Å². The number of carbonyl (C=O) groups is 1. The minimum atomic E-state index is -2.23. The van der Waals surface area contributed by atoms with Crippen LogP contribution < -0.4 is 0 Å². The van der Waals surface area contributed by atoms with Crippen LogP contribution in [0.4, 0.5) is 0 Å². The summed E-state index contributed by atoms with van der Waals surface area (Å²) >= 11 is -2.23. The minimum Gasteiger partial charge on any atom is -0.361 e. The van der Waals surface area contributed by atoms with Gasteiger partial charge in [0.25, 0.3) is 5.78 Å². The highest BCUT2D eigenvalue weighted by molar-refractivity contribution is 7.89. The van der Waals surface area contributed by atoms with Crippen LogP contribution in [0.15, 0.2) is 30.3 Å². The van der Waals surface area contributed by atoms with E-state index >= 15 is 0 Å². The zero-order valence-electron chi connectivity index (χ0n) is 7.95. The van der Waals surface area contributed by atoms with Gasteiger partial charge < -0.3 is 10.1 Å². The van der Waals surface area contributed by atoms with Crippen molar-refractivity contribution in [3.63, 3.8) is 0 Å². The van der Waals surface area contributed by atoms with Gasteiger partial charge in [0.1, 0.15) is 0 Å². The summed E-state index contributed by atoms with van der Waals surface area (Å²) in [6.45, 7) is 0. The largest absolute Gasteiger partial charge is 0.364 e. The highest BCUT2D eigenvalue weighted by Crippen LogP contribution is 2.26. The van der Waals surface area contributed by atoms with Crippen molar-refractivity contribution in [2.45, 2.75) is 0 Å². The van der Waals surface area contributed by atoms with Gasteiger partial charge in [0.05, 0.1) is 11.0 Å². The maximum atomic E-state index is 11.7. The van der Waals surface area contributed by atoms with Crippen molar-refractivity contribution in [3.8, 4) is 0 Å². The molecule has 80 valence electrons. The number of Topliss-reactive ketones (excluding diaryl/α,β-unsaturated/α-hetero) is 1. The number of benzene rings is 1. The summed E-state index contributed by atoms with van der Waals surface area (Å²) in [4.78, 5) is 14.6. The number of hydrogen-bond acceptors (Lipinski definition) is 2. The number of rotatable bonds is 1. The lowest BCUT2D eigenvalue weighted by Gasteiger charge is -2.10. The normalized spacial score (nSPS) is 16.2. The van der Waals surface area contributed by atoms with E-state index in [1.165, 1.54) is 6.07 Å². The summed E-state index contributed by atoms with van der Waals surface area (Å²) in [5.41, 5.74) is 9.04. The Labute approximate surface area is 93.3 Å². The molecule has 0 aromatic heterocycles. The molecule has 0 bridgehead atoms. The summed E-state index contributed by atoms with van der Waals surface area (Å²) in [5, 5.41) is 0. The molecule has 1 aliphatic rings. The Hall–Kier alpha value is -1.88. The second kappa shape index (κ2) is 3.94. The van der Waals surface area contributed by atoms with Gasteiger partial charge in [-0.3, -0.25) is 4.79 Å². The minimum absolute atomic E-state index is 0.0583. The smallest absolute Gasteiger partial charge is 0.361 e. The average molecular weight is 234 g/mol. The first-order valence-electron chi connectivity index (χ1n) is 4.34. The zero-order chi connectivity index (χ0) is 11.7. The lowest BCUT2D eigenvalue weighted by Crippen LogP contribution is -2.20. The Morgan fingerprint density at radius 3 is 2.44 bits per heavy atom. The zero-order valence-corrected chi connectivity index (χ0v) is 8.77. The highest BCUT2D eigenvalue weighted by atomic mass is 32.2. The number of ketones is 1. The number of fused-ring (bicyclic) bond motifs is 1. The SMILES string of the molecule is [N-]=[N+]=C1C=C(S(=O)O)c2ccccc2C1=O. The monoisotopic (exact) mass is 234 g/mol. The Morgan fingerprint density at radius 1 is 1.25 bits per heavy atom. The van der Waals surface area contributed by atoms with Gasteiger partial charge in [0.2, 0.25) is 0 Å². The quantitative estimate of drug-likeness (QED) is 0.448. The van der Waals surface area contributed by atoms with Crippen LogP contribution in [0, 0.1) is 0 Å². The van der Waals surface area contributed by atoms with Crippen LogP contribution in [0.25, 0.3) is 10.4 Å². The topological polar surface area (TPSA) is 90.8 Å². The third-order valence-corrected chi connectivity index (χ3v) is 2.95. The Kier molecular flexibility index (Phi) is 2.62. The predicted molar refractivity (Wildman–Crippen MR) is 58.1 cm³/mol. The van der Waals surface area contributed by atoms with Crippen LogP contribution in [0.5, 0.6) is 0 Å². The molecule has 0 radical (unpaired) electrons. The van der Waals surface area contributed by atoms with Gasteiger partial charge in [-0.05, 0) is 0 Å². The molecule has 0 amide bonds. The molecule has 1 unspecified atom stereocenters. The lowest BCUT2D eigenvalue weighted by atomic mass is 9.95. The summed E-state index contributed by atoms with van der Waals surface area (Å²) in [5.74, 6) is -0.465. The number of carbonyl (C=O) groups excluding carboxylic acids is 1. The van der Waals surface area contributed by atoms with E-state index in [2.05, 4.69) is 4.79 Å². The first-order chi connectivity index (χ1) is 7.65. The van der Waals surface area contributed by atoms with E-state index in [1.807, 2.05) is 0 Å². The standard InChI is InChI=1S/C10H6N2O3S/c11-12-8-5-9(16(14)15)6-3-1-2-4-7(6)10(8)13/h1-5H,(H,14,15). The van der Waals surface area contributed by atoms with Crippen molar-refractivity contribution < 1.29 is 18.3 Å². The van der Waals surface area contributed by atoms with Gasteiger partial charge in [-0.15, -0.1) is 0 Å². The molecule has 0 fully saturated rings. The van der Waals surface area contributed by atoms with Crippen molar-refractivity contribution in [3.05, 3.63) is 47.0 Å². The molecule has 1 atom stereocenters. The van der Waals surface area contributed by atoms with Gasteiger partial charge in [0, 0.05) is 11.1 Å². The summed E-state index contributed by atoms with van der Waals surface area (Å²) < 4.78 is 20.2. The molecule has 1 aliphatic carbocycles. The molecule has 0 saturated heterocycles. The first-order valence-corrected chi connectivity index (χ1v) is 5.44. The maximum absolute atomic E-state index is 11.7. The summed E-state index contributed by atoms with van der Waals surface area (Å²) in [7, 11) is 0. The van der Waals surface area contributed by atoms with Crippen molar-refractivity contribution in [2.24, 2.45) is 0 Å². The van der Waals surface area contributed by atoms with E-state index in [9.17, 15) is 9.00 Å². The number of nitrogens with zero attached hydrogens (tertiary/aromatic N) is 2. The Balaban J connectivity index is 2.77. The maximum Gasteiger partial charge on any atom is 0.364 e. The fourth-order valence-corrected chi connectivity index (χ4v) is 2.10. The molecule has 5 nitrogen and oxygen atoms in total. The molecule has 0 saturated carbocycles. The molecular weight excluding hydrogens is 228 g/mol. The summed E-state index contributed by atoms with van der Waals surface area (Å²) in [6, 6.07) is 6.38. The van der Waals surface area contributed by atoms with E-state index < -0.39 is 16.9 Å². The van der Waals surface area contributed by atoms with E-state index in [4.69, 9.17) is 10.1 Å². The van der Waals surface area contributed by atoms with Crippen LogP contribution in [-0.4, -0.2) is 25.0 Å². The molecule has 0 heterocycles. The Morgan fingerprint density at radius 2 is 1.88 bits per heavy atom. The Bertz CT molecular complexity index is 585. The van der Waals surface area contributed by atoms with Crippen molar-refractivity contribution in [1.29, 1.82) is 0 Å². The summed E-state index contributed by atoms with van der Waals surface area (Å²) in [6.07, 6.45) is 1.11. The second-order valence-electron chi connectivity index (χ2n) is 3.12. The third kappa shape index (κ3) is 1.55. The molecule has 16 heavy (non-hydrogen) atoms. The van der Waals surface area contributed by atoms with Gasteiger partial charge in [-0.2, -0.15) is 4.79 Å². The molecule has 2 rings (SSSR count). The van der Waals surface area contributed by atoms with Crippen LogP contribution in [-0.2, 0) is 11.1 Å². The van der Waals surface area contributed by atoms with E-state index in [1.54, 1.807) is 18.2 Å². The fraction of sp³-hybridized carbons (Fsp3) is 0. The molecular formula is C10H6N2O3S. The fourth-order valence-electron chi connectivity index (χ4n) is 1.52. The van der Waals surface area contributed by atoms with Gasteiger partial charge in [0.15, 0.2) is 11.1 Å². The van der Waals surface area contributed by atoms with Crippen molar-refractivity contribution in [2.75, 3.05) is 0 Å². The van der Waals surface area contributed by atoms with Gasteiger partial charge in [-0.25, -0.2) is 4.21 Å². The van der Waals surface area contributed by atoms with Crippen LogP contribution >= 0.6 is 0 Å². The van der Waals surface area contributed by atoms with E-state index in [0.717, 1.165) is 6.08 Å². The van der Waals surface area contributed by atoms with Crippen LogP contribution in [0.1, 0.15) is 15.9 Å². The molecule has 1 aromatic rings. The third-order valence-electron chi connectivity index (χ3n) is 2.23. The molecule has 0 spiro atoms. The van der Waals surface area contributed by atoms with E-state index in [-0.39, 0.29) is 16.2 Å². The molecule has 1 aromatic carbocycles. The highest BCUT2D eigenvalue weighted by Gasteiger charge is 2.31. The number of allylic oxidation sites excluding steroid dienone is 1. The molecule has 1 N–H and O–H groups in total. The van der Waals surface area contributed by atoms with E-state index in [0.29, 0.717) is 5.56 Å². The lowest BCUT2D eigenvalue weighted by molar-refractivity contribution is -0.00437. The molecule has 0 aliphatic heterocycles. The van der Waals surface area contributed by atoms with Crippen molar-refractivity contribution in [1.82, 2.24) is 0 Å². The van der Waals surface area contributed by atoms with Gasteiger partial charge >= 0.3 is 5.71 Å². The second-order valence-corrected chi connectivity index (χ2v) is 4.06. The van der Waals surface area contributed by atoms with Crippen molar-refractivity contribution >= 4 is 27.5 Å². The number of hydrogen-bond donors (Lipinski definition) is 1. The van der Waals surface area contributed by atoms with Gasteiger partial charge in [-0.1, -0.05) is 24.3 Å². The predicted octanol–water partition coefficient (Wildman–Crippen LogP) is 1.12. The first kappa shape index (κ1) is 10.6. The van der Waals surface area contributed by atoms with Crippen LogP contribution in [0.3, 0.4) is 0 Å². The average Bonchev–Trinajstić information content (AvgIpc) is 2.29.